The van der Waals surface area contributed by atoms with Gasteiger partial charge in [-0.3, -0.25) is 14.2 Å². The molecule has 0 aromatic heterocycles. The zero-order chi connectivity index (χ0) is 60.5. The summed E-state index contributed by atoms with van der Waals surface area (Å²) in [5.41, 5.74) is 0. The van der Waals surface area contributed by atoms with Gasteiger partial charge in [0, 0.05) is 12.8 Å². The van der Waals surface area contributed by atoms with Gasteiger partial charge in [0.2, 0.25) is 0 Å². The maximum absolute atomic E-state index is 12.9. The number of likely N-dealkylation sites (N-methyl/N-ethyl adjacent to an activating group) is 1. The number of ether oxygens (including phenoxy) is 2. The number of hydrogen-bond acceptors (Lipinski definition) is 8. The van der Waals surface area contributed by atoms with Gasteiger partial charge in [-0.2, -0.15) is 0 Å². The third-order valence-electron chi connectivity index (χ3n) is 17.0. The highest BCUT2D eigenvalue weighted by atomic mass is 31.2. The Morgan fingerprint density at radius 1 is 0.361 bits per heavy atom. The Morgan fingerprint density at radius 2 is 0.614 bits per heavy atom. The third-order valence-corrected chi connectivity index (χ3v) is 18.0. The molecule has 0 N–H and O–H groups in total. The fourth-order valence-corrected chi connectivity index (χ4v) is 12.1. The highest BCUT2D eigenvalue weighted by molar-refractivity contribution is 7.45. The van der Waals surface area contributed by atoms with Crippen LogP contribution in [0.4, 0.5) is 0 Å². The van der Waals surface area contributed by atoms with Crippen LogP contribution in [0.15, 0.2) is 12.2 Å². The van der Waals surface area contributed by atoms with Gasteiger partial charge in [-0.25, -0.2) is 0 Å². The molecule has 9 nitrogen and oxygen atoms in total. The lowest BCUT2D eigenvalue weighted by atomic mass is 10.0. The number of carbonyl (C=O) groups is 2. The van der Waals surface area contributed by atoms with Crippen LogP contribution >= 0.6 is 7.82 Å². The molecule has 2 atom stereocenters. The topological polar surface area (TPSA) is 111 Å². The summed E-state index contributed by atoms with van der Waals surface area (Å²) in [4.78, 5) is 38.1. The highest BCUT2D eigenvalue weighted by Gasteiger charge is 2.22. The van der Waals surface area contributed by atoms with Crippen molar-refractivity contribution in [2.24, 2.45) is 0 Å². The van der Waals surface area contributed by atoms with E-state index in [9.17, 15) is 19.0 Å². The fraction of sp³-hybridized carbons (Fsp3) is 0.945. The summed E-state index contributed by atoms with van der Waals surface area (Å²) in [6.07, 6.45) is 80.3. The lowest BCUT2D eigenvalue weighted by Crippen LogP contribution is -2.37. The van der Waals surface area contributed by atoms with Crippen LogP contribution in [0.3, 0.4) is 0 Å². The number of unbranched alkanes of at least 4 members (excludes halogenated alkanes) is 54. The first-order valence-electron chi connectivity index (χ1n) is 36.9. The van der Waals surface area contributed by atoms with Crippen LogP contribution < -0.4 is 4.89 Å². The number of phosphoric acid groups is 1. The molecule has 0 amide bonds. The van der Waals surface area contributed by atoms with E-state index < -0.39 is 26.5 Å². The zero-order valence-corrected chi connectivity index (χ0v) is 57.3. The molecule has 0 aromatic carbocycles. The van der Waals surface area contributed by atoms with Gasteiger partial charge in [-0.1, -0.05) is 353 Å². The van der Waals surface area contributed by atoms with E-state index in [1.165, 1.54) is 327 Å². The number of rotatable bonds is 70. The summed E-state index contributed by atoms with van der Waals surface area (Å²) in [6.45, 7) is 4.33. The molecule has 0 aliphatic heterocycles. The van der Waals surface area contributed by atoms with E-state index in [2.05, 4.69) is 26.0 Å². The Balaban J connectivity index is 3.93. The van der Waals surface area contributed by atoms with Gasteiger partial charge in [0.15, 0.2) is 6.10 Å². The monoisotopic (exact) mass is 1190 g/mol. The van der Waals surface area contributed by atoms with Crippen LogP contribution in [0.25, 0.3) is 0 Å². The predicted octanol–water partition coefficient (Wildman–Crippen LogP) is 23.3. The molecule has 494 valence electrons. The van der Waals surface area contributed by atoms with E-state index >= 15 is 0 Å². The summed E-state index contributed by atoms with van der Waals surface area (Å²) in [5, 5.41) is 0. The van der Waals surface area contributed by atoms with E-state index in [0.29, 0.717) is 17.4 Å². The van der Waals surface area contributed by atoms with Crippen LogP contribution in [-0.4, -0.2) is 70.0 Å². The quantitative estimate of drug-likeness (QED) is 0.0195. The maximum atomic E-state index is 12.9. The smallest absolute Gasteiger partial charge is 0.306 e. The Kier molecular flexibility index (Phi) is 64.2. The minimum absolute atomic E-state index is 0.0256. The van der Waals surface area contributed by atoms with Gasteiger partial charge in [0.1, 0.15) is 19.8 Å². The van der Waals surface area contributed by atoms with Crippen molar-refractivity contribution in [3.05, 3.63) is 12.2 Å². The maximum Gasteiger partial charge on any atom is 0.306 e. The summed E-state index contributed by atoms with van der Waals surface area (Å²) in [6, 6.07) is 0. The van der Waals surface area contributed by atoms with Gasteiger partial charge in [0.05, 0.1) is 27.7 Å². The van der Waals surface area contributed by atoms with Crippen molar-refractivity contribution in [3.63, 3.8) is 0 Å². The molecule has 0 aliphatic carbocycles. The number of hydrogen-bond donors (Lipinski definition) is 0. The van der Waals surface area contributed by atoms with Gasteiger partial charge in [-0.15, -0.1) is 0 Å². The van der Waals surface area contributed by atoms with Crippen LogP contribution in [0.5, 0.6) is 0 Å². The molecular weight excluding hydrogens is 1050 g/mol. The fourth-order valence-electron chi connectivity index (χ4n) is 11.4. The van der Waals surface area contributed by atoms with Gasteiger partial charge >= 0.3 is 11.9 Å². The van der Waals surface area contributed by atoms with Crippen LogP contribution in [0.2, 0.25) is 0 Å². The molecule has 0 fully saturated rings. The molecule has 0 rings (SSSR count). The molecule has 0 bridgehead atoms. The van der Waals surface area contributed by atoms with Crippen molar-refractivity contribution in [1.29, 1.82) is 0 Å². The van der Waals surface area contributed by atoms with Crippen molar-refractivity contribution in [3.8, 4) is 0 Å². The summed E-state index contributed by atoms with van der Waals surface area (Å²) >= 11 is 0. The lowest BCUT2D eigenvalue weighted by Gasteiger charge is -2.28. The van der Waals surface area contributed by atoms with Crippen molar-refractivity contribution in [2.75, 3.05) is 47.5 Å². The minimum Gasteiger partial charge on any atom is -0.756 e. The standard InChI is InChI=1S/C73H144NO8P/c1-6-8-10-12-14-16-18-20-22-24-26-28-30-32-33-34-35-36-37-38-39-40-41-42-44-46-48-50-52-54-56-58-60-62-64-66-73(76)82-71(70-81-83(77,78)80-68-67-74(3,4)5)69-79-72(75)65-63-61-59-57-55-53-51-49-47-45-43-31-29-27-25-23-21-19-17-15-13-11-9-7-2/h24,26,71H,6-23,25,27-70H2,1-5H3/b26-24-. The third kappa shape index (κ3) is 69.7. The first kappa shape index (κ1) is 81.8. The lowest BCUT2D eigenvalue weighted by molar-refractivity contribution is -0.870. The normalized spacial score (nSPS) is 13.1. The molecule has 10 heteroatoms. The molecule has 0 spiro atoms. The number of esters is 2. The average molecular weight is 1190 g/mol. The molecular formula is C73H144NO8P. The number of carbonyl (C=O) groups excluding carboxylic acids is 2. The number of quaternary nitrogens is 1. The molecule has 0 heterocycles. The molecule has 0 aromatic rings. The molecule has 83 heavy (non-hydrogen) atoms. The Hall–Kier alpha value is -1.25. The molecule has 0 radical (unpaired) electrons. The minimum atomic E-state index is -4.64. The molecule has 0 saturated heterocycles. The van der Waals surface area contributed by atoms with Gasteiger partial charge in [0.25, 0.3) is 7.82 Å². The number of phosphoric ester groups is 1. The number of nitrogens with zero attached hydrogens (tertiary/aromatic N) is 1. The second-order valence-corrected chi connectivity index (χ2v) is 28.1. The average Bonchev–Trinajstić information content (AvgIpc) is 3.49. The summed E-state index contributed by atoms with van der Waals surface area (Å²) in [5.74, 6) is -0.805. The predicted molar refractivity (Wildman–Crippen MR) is 356 cm³/mol. The SMILES string of the molecule is CCCCCCCCCC/C=C\CCCCCCCCCCCCCCCCCCCCCCCCCC(=O)OC(COC(=O)CCCCCCCCCCCCCCCCCCCCCCCCCC)COP(=O)([O-])OCC[N+](C)(C)C. The van der Waals surface area contributed by atoms with Crippen LogP contribution in [0.1, 0.15) is 393 Å². The Bertz CT molecular complexity index is 1400. The van der Waals surface area contributed by atoms with Crippen LogP contribution in [-0.2, 0) is 32.7 Å². The first-order chi connectivity index (χ1) is 40.5. The van der Waals surface area contributed by atoms with E-state index in [1.54, 1.807) is 0 Å². The molecule has 0 saturated carbocycles. The van der Waals surface area contributed by atoms with Crippen molar-refractivity contribution in [2.45, 2.75) is 399 Å². The van der Waals surface area contributed by atoms with Gasteiger partial charge in [-0.05, 0) is 38.5 Å². The summed E-state index contributed by atoms with van der Waals surface area (Å²) < 4.78 is 34.4. The van der Waals surface area contributed by atoms with Gasteiger partial charge < -0.3 is 27.9 Å². The second-order valence-electron chi connectivity index (χ2n) is 26.7. The number of allylic oxidation sites excluding steroid dienone is 2. The van der Waals surface area contributed by atoms with E-state index in [4.69, 9.17) is 18.5 Å². The first-order valence-corrected chi connectivity index (χ1v) is 38.4. The highest BCUT2D eigenvalue weighted by Crippen LogP contribution is 2.38. The van der Waals surface area contributed by atoms with E-state index in [1.807, 2.05) is 21.1 Å². The van der Waals surface area contributed by atoms with E-state index in [0.717, 1.165) is 32.1 Å². The zero-order valence-electron chi connectivity index (χ0n) is 56.4. The molecule has 2 unspecified atom stereocenters. The Labute approximate surface area is 517 Å². The van der Waals surface area contributed by atoms with Crippen molar-refractivity contribution < 1.29 is 42.1 Å². The van der Waals surface area contributed by atoms with Crippen molar-refractivity contribution >= 4 is 19.8 Å². The largest absolute Gasteiger partial charge is 0.756 e. The Morgan fingerprint density at radius 3 is 0.892 bits per heavy atom. The second kappa shape index (κ2) is 65.2. The van der Waals surface area contributed by atoms with E-state index in [-0.39, 0.29) is 32.0 Å². The van der Waals surface area contributed by atoms with Crippen molar-refractivity contribution in [1.82, 2.24) is 0 Å². The van der Waals surface area contributed by atoms with Crippen LogP contribution in [0, 0.1) is 0 Å². The summed E-state index contributed by atoms with van der Waals surface area (Å²) in [7, 11) is 1.19. The molecule has 0 aliphatic rings.